The van der Waals surface area contributed by atoms with Crippen LogP contribution in [0.15, 0.2) is 24.4 Å². The highest BCUT2D eigenvalue weighted by molar-refractivity contribution is 7.89. The van der Waals surface area contributed by atoms with Gasteiger partial charge in [-0.25, -0.2) is 13.1 Å². The summed E-state index contributed by atoms with van der Waals surface area (Å²) in [6.45, 7) is 3.53. The Morgan fingerprint density at radius 1 is 1.45 bits per heavy atom. The molecule has 20 heavy (non-hydrogen) atoms. The number of hydrogen-bond donors (Lipinski definition) is 2. The number of sulfonamides is 1. The van der Waals surface area contributed by atoms with Gasteiger partial charge in [-0.05, 0) is 18.1 Å². The van der Waals surface area contributed by atoms with Crippen molar-refractivity contribution in [3.8, 4) is 0 Å². The summed E-state index contributed by atoms with van der Waals surface area (Å²) in [5.74, 6) is -1.59. The first-order valence-corrected chi connectivity index (χ1v) is 8.13. The summed E-state index contributed by atoms with van der Waals surface area (Å²) >= 11 is 0. The molecule has 0 radical (unpaired) electrons. The normalized spacial score (nSPS) is 14.7. The molecule has 1 unspecified atom stereocenters. The number of carboxylic acid groups (broad SMARTS) is 1. The van der Waals surface area contributed by atoms with Crippen molar-refractivity contribution in [2.75, 3.05) is 5.75 Å². The second-order valence-electron chi connectivity index (χ2n) is 4.71. The smallest absolute Gasteiger partial charge is 0.322 e. The molecule has 7 heteroatoms. The van der Waals surface area contributed by atoms with Crippen LogP contribution in [0.5, 0.6) is 0 Å². The number of carboxylic acids is 1. The van der Waals surface area contributed by atoms with Gasteiger partial charge in [0.05, 0.1) is 5.75 Å². The molecule has 6 nitrogen and oxygen atoms in total. The predicted octanol–water partition coefficient (Wildman–Crippen LogP) is 1.04. The third-order valence-corrected chi connectivity index (χ3v) is 4.49. The van der Waals surface area contributed by atoms with Crippen molar-refractivity contribution in [1.29, 1.82) is 0 Å². The van der Waals surface area contributed by atoms with Crippen LogP contribution in [0.3, 0.4) is 0 Å². The quantitative estimate of drug-likeness (QED) is 0.748. The van der Waals surface area contributed by atoms with Gasteiger partial charge in [-0.3, -0.25) is 9.78 Å². The van der Waals surface area contributed by atoms with Crippen LogP contribution in [0.2, 0.25) is 0 Å². The zero-order chi connectivity index (χ0) is 15.2. The summed E-state index contributed by atoms with van der Waals surface area (Å²) < 4.78 is 26.1. The molecule has 0 fully saturated rings. The first-order chi connectivity index (χ1) is 9.35. The van der Waals surface area contributed by atoms with E-state index in [1.54, 1.807) is 31.3 Å². The molecule has 0 saturated carbocycles. The SMILES string of the molecule is CCC(C)[C@H](NS(=O)(=O)CCc1ccccn1)C(=O)O. The summed E-state index contributed by atoms with van der Waals surface area (Å²) in [4.78, 5) is 15.2. The standard InChI is InChI=1S/C13H20N2O4S/c1-3-10(2)12(13(16)17)15-20(18,19)9-7-11-6-4-5-8-14-11/h4-6,8,10,12,15H,3,7,9H2,1-2H3,(H,16,17)/t10?,12-/m0/s1. The van der Waals surface area contributed by atoms with E-state index in [-0.39, 0.29) is 18.1 Å². The van der Waals surface area contributed by atoms with Gasteiger partial charge in [0.25, 0.3) is 0 Å². The number of aromatic nitrogens is 1. The molecular weight excluding hydrogens is 280 g/mol. The average Bonchev–Trinajstić information content (AvgIpc) is 2.43. The molecule has 1 heterocycles. The van der Waals surface area contributed by atoms with Crippen LogP contribution in [0.1, 0.15) is 26.0 Å². The summed E-state index contributed by atoms with van der Waals surface area (Å²) in [7, 11) is -3.65. The number of carbonyl (C=O) groups is 1. The van der Waals surface area contributed by atoms with E-state index in [0.717, 1.165) is 0 Å². The van der Waals surface area contributed by atoms with Gasteiger partial charge in [0.1, 0.15) is 6.04 Å². The fourth-order valence-corrected chi connectivity index (χ4v) is 3.00. The number of aryl methyl sites for hydroxylation is 1. The number of pyridine rings is 1. The highest BCUT2D eigenvalue weighted by Gasteiger charge is 2.28. The van der Waals surface area contributed by atoms with Crippen molar-refractivity contribution in [2.24, 2.45) is 5.92 Å². The number of hydrogen-bond acceptors (Lipinski definition) is 4. The largest absolute Gasteiger partial charge is 0.480 e. The lowest BCUT2D eigenvalue weighted by Crippen LogP contribution is -2.46. The minimum atomic E-state index is -3.65. The molecule has 0 aliphatic rings. The Morgan fingerprint density at radius 2 is 2.15 bits per heavy atom. The molecule has 112 valence electrons. The van der Waals surface area contributed by atoms with E-state index in [2.05, 4.69) is 9.71 Å². The van der Waals surface area contributed by atoms with Crippen LogP contribution in [0.25, 0.3) is 0 Å². The van der Waals surface area contributed by atoms with Crippen molar-refractivity contribution in [3.05, 3.63) is 30.1 Å². The Kier molecular flexibility index (Phi) is 6.09. The topological polar surface area (TPSA) is 96.4 Å². The lowest BCUT2D eigenvalue weighted by molar-refractivity contribution is -0.140. The predicted molar refractivity (Wildman–Crippen MR) is 75.7 cm³/mol. The van der Waals surface area contributed by atoms with Gasteiger partial charge in [0, 0.05) is 18.3 Å². The molecule has 1 rings (SSSR count). The summed E-state index contributed by atoms with van der Waals surface area (Å²) in [5, 5.41) is 9.08. The van der Waals surface area contributed by atoms with Gasteiger partial charge in [0.2, 0.25) is 10.0 Å². The summed E-state index contributed by atoms with van der Waals surface area (Å²) in [6.07, 6.45) is 2.43. The molecule has 0 saturated heterocycles. The molecule has 0 bridgehead atoms. The number of aliphatic carboxylic acids is 1. The summed E-state index contributed by atoms with van der Waals surface area (Å²) in [5.41, 5.74) is 0.660. The molecular formula is C13H20N2O4S. The maximum Gasteiger partial charge on any atom is 0.322 e. The summed E-state index contributed by atoms with van der Waals surface area (Å²) in [6, 6.07) is 4.17. The molecule has 0 amide bonds. The molecule has 0 spiro atoms. The van der Waals surface area contributed by atoms with Crippen LogP contribution < -0.4 is 4.72 Å². The lowest BCUT2D eigenvalue weighted by Gasteiger charge is -2.20. The van der Waals surface area contributed by atoms with Crippen LogP contribution in [0.4, 0.5) is 0 Å². The van der Waals surface area contributed by atoms with Crippen molar-refractivity contribution < 1.29 is 18.3 Å². The molecule has 0 aromatic carbocycles. The second-order valence-corrected chi connectivity index (χ2v) is 6.58. The number of rotatable bonds is 8. The van der Waals surface area contributed by atoms with Crippen molar-refractivity contribution >= 4 is 16.0 Å². The van der Waals surface area contributed by atoms with Crippen LogP contribution >= 0.6 is 0 Å². The Bertz CT molecular complexity index is 531. The van der Waals surface area contributed by atoms with E-state index in [4.69, 9.17) is 5.11 Å². The second kappa shape index (κ2) is 7.35. The molecule has 1 aromatic heterocycles. The van der Waals surface area contributed by atoms with E-state index in [1.807, 2.05) is 6.92 Å². The van der Waals surface area contributed by atoms with Crippen molar-refractivity contribution in [1.82, 2.24) is 9.71 Å². The van der Waals surface area contributed by atoms with Crippen LogP contribution in [0, 0.1) is 5.92 Å². The van der Waals surface area contributed by atoms with Crippen molar-refractivity contribution in [2.45, 2.75) is 32.7 Å². The third-order valence-electron chi connectivity index (χ3n) is 3.14. The molecule has 0 aliphatic carbocycles. The van der Waals surface area contributed by atoms with Gasteiger partial charge in [-0.1, -0.05) is 26.3 Å². The van der Waals surface area contributed by atoms with Gasteiger partial charge in [0.15, 0.2) is 0 Å². The van der Waals surface area contributed by atoms with E-state index >= 15 is 0 Å². The molecule has 0 aliphatic heterocycles. The highest BCUT2D eigenvalue weighted by Crippen LogP contribution is 2.09. The minimum absolute atomic E-state index is 0.176. The maximum absolute atomic E-state index is 11.9. The third kappa shape index (κ3) is 5.26. The average molecular weight is 300 g/mol. The van der Waals surface area contributed by atoms with Gasteiger partial charge in [-0.15, -0.1) is 0 Å². The first-order valence-electron chi connectivity index (χ1n) is 6.48. The Morgan fingerprint density at radius 3 is 2.65 bits per heavy atom. The first kappa shape index (κ1) is 16.6. The van der Waals surface area contributed by atoms with Crippen molar-refractivity contribution in [3.63, 3.8) is 0 Å². The highest BCUT2D eigenvalue weighted by atomic mass is 32.2. The van der Waals surface area contributed by atoms with E-state index in [0.29, 0.717) is 12.1 Å². The molecule has 2 atom stereocenters. The van der Waals surface area contributed by atoms with Gasteiger partial charge < -0.3 is 5.11 Å². The fourth-order valence-electron chi connectivity index (χ4n) is 1.68. The lowest BCUT2D eigenvalue weighted by atomic mass is 10.0. The van der Waals surface area contributed by atoms with Gasteiger partial charge in [-0.2, -0.15) is 0 Å². The van der Waals surface area contributed by atoms with Gasteiger partial charge >= 0.3 is 5.97 Å². The maximum atomic E-state index is 11.9. The van der Waals surface area contributed by atoms with E-state index in [1.165, 1.54) is 0 Å². The van der Waals surface area contributed by atoms with E-state index < -0.39 is 22.0 Å². The van der Waals surface area contributed by atoms with E-state index in [9.17, 15) is 13.2 Å². The number of nitrogens with one attached hydrogen (secondary N) is 1. The Labute approximate surface area is 119 Å². The van der Waals surface area contributed by atoms with Crippen LogP contribution in [-0.4, -0.2) is 36.3 Å². The Balaban J connectivity index is 2.66. The number of nitrogens with zero attached hydrogens (tertiary/aromatic N) is 1. The van der Waals surface area contributed by atoms with Crippen LogP contribution in [-0.2, 0) is 21.2 Å². The molecule has 2 N–H and O–H groups in total. The Hall–Kier alpha value is -1.47. The fraction of sp³-hybridized carbons (Fsp3) is 0.538. The monoisotopic (exact) mass is 300 g/mol. The molecule has 1 aromatic rings. The zero-order valence-electron chi connectivity index (χ0n) is 11.6. The minimum Gasteiger partial charge on any atom is -0.480 e. The zero-order valence-corrected chi connectivity index (χ0v) is 12.4.